The van der Waals surface area contributed by atoms with Crippen LogP contribution < -0.4 is 10.1 Å². The van der Waals surface area contributed by atoms with Gasteiger partial charge in [0.05, 0.1) is 13.2 Å². The van der Waals surface area contributed by atoms with Crippen LogP contribution in [-0.2, 0) is 19.1 Å². The Kier molecular flexibility index (Phi) is 6.91. The van der Waals surface area contributed by atoms with Gasteiger partial charge in [-0.25, -0.2) is 0 Å². The lowest BCUT2D eigenvalue weighted by atomic mass is 9.78. The number of carbonyl (C=O) groups is 2. The van der Waals surface area contributed by atoms with E-state index >= 15 is 0 Å². The number of amides is 2. The maximum atomic E-state index is 12.8. The number of ether oxygens (including phenoxy) is 3. The van der Waals surface area contributed by atoms with Crippen molar-refractivity contribution in [2.45, 2.75) is 38.2 Å². The zero-order chi connectivity index (χ0) is 20.0. The summed E-state index contributed by atoms with van der Waals surface area (Å²) in [6, 6.07) is 7.07. The Balaban J connectivity index is 1.52. The van der Waals surface area contributed by atoms with Crippen LogP contribution in [0.2, 0.25) is 0 Å². The Morgan fingerprint density at radius 3 is 2.61 bits per heavy atom. The molecule has 0 radical (unpaired) electrons. The summed E-state index contributed by atoms with van der Waals surface area (Å²) in [5.74, 6) is 0.915. The standard InChI is InChI=1S/C21H30N2O5/c1-16-4-3-9-21(14-16,26-2)20(25)22-17-5-7-18(8-6-17)28-15-19(24)23-10-12-27-13-11-23/h5-8,16H,3-4,9-15H2,1-2H3,(H,22,25)/t16-,21+/m1/s1. The van der Waals surface area contributed by atoms with Crippen molar-refractivity contribution in [1.29, 1.82) is 0 Å². The van der Waals surface area contributed by atoms with Gasteiger partial charge in [-0.05, 0) is 49.4 Å². The van der Waals surface area contributed by atoms with Gasteiger partial charge in [-0.3, -0.25) is 9.59 Å². The Bertz CT molecular complexity index is 672. The molecule has 2 amide bonds. The van der Waals surface area contributed by atoms with Crippen molar-refractivity contribution in [1.82, 2.24) is 4.90 Å². The molecule has 0 unspecified atom stereocenters. The number of nitrogens with zero attached hydrogens (tertiary/aromatic N) is 1. The lowest BCUT2D eigenvalue weighted by Crippen LogP contribution is -2.47. The van der Waals surface area contributed by atoms with Crippen LogP contribution in [0.3, 0.4) is 0 Å². The molecule has 1 aromatic rings. The van der Waals surface area contributed by atoms with Gasteiger partial charge < -0.3 is 24.4 Å². The van der Waals surface area contributed by atoms with Crippen LogP contribution in [0.15, 0.2) is 24.3 Å². The number of hydrogen-bond donors (Lipinski definition) is 1. The van der Waals surface area contributed by atoms with E-state index in [1.54, 1.807) is 36.3 Å². The Labute approximate surface area is 166 Å². The summed E-state index contributed by atoms with van der Waals surface area (Å²) in [6.07, 6.45) is 3.60. The van der Waals surface area contributed by atoms with E-state index < -0.39 is 5.60 Å². The lowest BCUT2D eigenvalue weighted by molar-refractivity contribution is -0.143. The molecule has 2 aliphatic rings. The number of hydrogen-bond acceptors (Lipinski definition) is 5. The molecule has 1 aromatic carbocycles. The molecule has 1 saturated heterocycles. The third-order valence-corrected chi connectivity index (χ3v) is 5.60. The quantitative estimate of drug-likeness (QED) is 0.807. The van der Waals surface area contributed by atoms with Gasteiger partial charge in [-0.2, -0.15) is 0 Å². The summed E-state index contributed by atoms with van der Waals surface area (Å²) in [5.41, 5.74) is -0.0660. The second kappa shape index (κ2) is 9.39. The number of rotatable bonds is 6. The minimum absolute atomic E-state index is 0.00359. The molecular weight excluding hydrogens is 360 g/mol. The van der Waals surface area contributed by atoms with Crippen LogP contribution in [0, 0.1) is 5.92 Å². The van der Waals surface area contributed by atoms with Crippen LogP contribution in [0.25, 0.3) is 0 Å². The smallest absolute Gasteiger partial charge is 0.260 e. The van der Waals surface area contributed by atoms with Gasteiger partial charge in [0.1, 0.15) is 11.4 Å². The predicted octanol–water partition coefficient (Wildman–Crippen LogP) is 2.46. The maximum absolute atomic E-state index is 12.8. The average molecular weight is 390 g/mol. The molecule has 1 aliphatic heterocycles. The molecule has 0 spiro atoms. The van der Waals surface area contributed by atoms with E-state index in [0.29, 0.717) is 43.7 Å². The van der Waals surface area contributed by atoms with Crippen molar-refractivity contribution in [2.24, 2.45) is 5.92 Å². The first-order valence-electron chi connectivity index (χ1n) is 9.97. The summed E-state index contributed by atoms with van der Waals surface area (Å²) in [7, 11) is 1.61. The maximum Gasteiger partial charge on any atom is 0.260 e. The van der Waals surface area contributed by atoms with Crippen molar-refractivity contribution in [3.05, 3.63) is 24.3 Å². The van der Waals surface area contributed by atoms with E-state index in [1.807, 2.05) is 0 Å². The molecule has 1 N–H and O–H groups in total. The second-order valence-corrected chi connectivity index (χ2v) is 7.66. The zero-order valence-corrected chi connectivity index (χ0v) is 16.7. The van der Waals surface area contributed by atoms with Crippen LogP contribution >= 0.6 is 0 Å². The minimum Gasteiger partial charge on any atom is -0.484 e. The average Bonchev–Trinajstić information content (AvgIpc) is 2.73. The summed E-state index contributed by atoms with van der Waals surface area (Å²) in [5, 5.41) is 2.96. The molecule has 28 heavy (non-hydrogen) atoms. The highest BCUT2D eigenvalue weighted by molar-refractivity contribution is 5.97. The van der Waals surface area contributed by atoms with Crippen molar-refractivity contribution >= 4 is 17.5 Å². The third kappa shape index (κ3) is 5.02. The van der Waals surface area contributed by atoms with E-state index in [9.17, 15) is 9.59 Å². The van der Waals surface area contributed by atoms with E-state index in [0.717, 1.165) is 25.7 Å². The number of nitrogens with one attached hydrogen (secondary N) is 1. The number of anilines is 1. The Morgan fingerprint density at radius 2 is 1.96 bits per heavy atom. The summed E-state index contributed by atoms with van der Waals surface area (Å²) in [6.45, 7) is 4.50. The third-order valence-electron chi connectivity index (χ3n) is 5.60. The molecule has 154 valence electrons. The molecule has 0 aromatic heterocycles. The minimum atomic E-state index is -0.753. The van der Waals surface area contributed by atoms with E-state index in [1.165, 1.54) is 0 Å². The molecule has 1 aliphatic carbocycles. The first kappa shape index (κ1) is 20.6. The van der Waals surface area contributed by atoms with E-state index in [-0.39, 0.29) is 18.4 Å². The van der Waals surface area contributed by atoms with E-state index in [4.69, 9.17) is 14.2 Å². The molecule has 2 atom stereocenters. The second-order valence-electron chi connectivity index (χ2n) is 7.66. The number of benzene rings is 1. The van der Waals surface area contributed by atoms with Crippen molar-refractivity contribution in [3.8, 4) is 5.75 Å². The Hall–Kier alpha value is -2.12. The zero-order valence-electron chi connectivity index (χ0n) is 16.7. The van der Waals surface area contributed by atoms with Crippen molar-refractivity contribution in [3.63, 3.8) is 0 Å². The van der Waals surface area contributed by atoms with Gasteiger partial charge in [-0.15, -0.1) is 0 Å². The molecule has 7 heteroatoms. The first-order valence-corrected chi connectivity index (χ1v) is 9.97. The highest BCUT2D eigenvalue weighted by Gasteiger charge is 2.41. The fourth-order valence-corrected chi connectivity index (χ4v) is 3.92. The van der Waals surface area contributed by atoms with Crippen LogP contribution in [-0.4, -0.2) is 62.3 Å². The monoisotopic (exact) mass is 390 g/mol. The Morgan fingerprint density at radius 1 is 1.25 bits per heavy atom. The molecular formula is C21H30N2O5. The lowest BCUT2D eigenvalue weighted by Gasteiger charge is -2.37. The number of morpholine rings is 1. The predicted molar refractivity (Wildman–Crippen MR) is 105 cm³/mol. The van der Waals surface area contributed by atoms with Crippen LogP contribution in [0.4, 0.5) is 5.69 Å². The summed E-state index contributed by atoms with van der Waals surface area (Å²) >= 11 is 0. The fourth-order valence-electron chi connectivity index (χ4n) is 3.92. The van der Waals surface area contributed by atoms with Gasteiger partial charge in [-0.1, -0.05) is 13.3 Å². The van der Waals surface area contributed by atoms with Gasteiger partial charge >= 0.3 is 0 Å². The molecule has 3 rings (SSSR count). The van der Waals surface area contributed by atoms with Gasteiger partial charge in [0, 0.05) is 25.9 Å². The molecule has 2 fully saturated rings. The normalized spacial score (nSPS) is 25.2. The molecule has 7 nitrogen and oxygen atoms in total. The molecule has 1 heterocycles. The van der Waals surface area contributed by atoms with Gasteiger partial charge in [0.2, 0.25) is 0 Å². The largest absolute Gasteiger partial charge is 0.484 e. The number of carbonyl (C=O) groups excluding carboxylic acids is 2. The fraction of sp³-hybridized carbons (Fsp3) is 0.619. The van der Waals surface area contributed by atoms with E-state index in [2.05, 4.69) is 12.2 Å². The van der Waals surface area contributed by atoms with Gasteiger partial charge in [0.15, 0.2) is 6.61 Å². The van der Waals surface area contributed by atoms with Crippen LogP contribution in [0.1, 0.15) is 32.6 Å². The van der Waals surface area contributed by atoms with Crippen molar-refractivity contribution in [2.75, 3.05) is 45.3 Å². The van der Waals surface area contributed by atoms with Gasteiger partial charge in [0.25, 0.3) is 11.8 Å². The SMILES string of the molecule is CO[C@@]1(C(=O)Nc2ccc(OCC(=O)N3CCOCC3)cc2)CCC[C@@H](C)C1. The number of methoxy groups -OCH3 is 1. The highest BCUT2D eigenvalue weighted by Crippen LogP contribution is 2.35. The molecule has 0 bridgehead atoms. The summed E-state index contributed by atoms with van der Waals surface area (Å²) < 4.78 is 16.5. The van der Waals surface area contributed by atoms with Crippen LogP contribution in [0.5, 0.6) is 5.75 Å². The summed E-state index contributed by atoms with van der Waals surface area (Å²) in [4.78, 5) is 26.7. The highest BCUT2D eigenvalue weighted by atomic mass is 16.5. The topological polar surface area (TPSA) is 77.1 Å². The first-order chi connectivity index (χ1) is 13.5. The van der Waals surface area contributed by atoms with Crippen molar-refractivity contribution < 1.29 is 23.8 Å². The molecule has 1 saturated carbocycles.